The number of halogens is 1. The third kappa shape index (κ3) is 5.27. The summed E-state index contributed by atoms with van der Waals surface area (Å²) in [6, 6.07) is 9.92. The highest BCUT2D eigenvalue weighted by molar-refractivity contribution is 6.30. The monoisotopic (exact) mass is 332 g/mol. The molecule has 2 rings (SSSR count). The van der Waals surface area contributed by atoms with Crippen molar-refractivity contribution >= 4 is 40.6 Å². The van der Waals surface area contributed by atoms with Gasteiger partial charge in [-0.3, -0.25) is 9.59 Å². The van der Waals surface area contributed by atoms with Crippen LogP contribution in [0, 0.1) is 0 Å². The van der Waals surface area contributed by atoms with Crippen molar-refractivity contribution in [3.8, 4) is 0 Å². The second-order valence-corrected chi connectivity index (χ2v) is 5.41. The van der Waals surface area contributed by atoms with E-state index in [4.69, 9.17) is 11.6 Å². The summed E-state index contributed by atoms with van der Waals surface area (Å²) in [6.07, 6.45) is 1.47. The van der Waals surface area contributed by atoms with Crippen molar-refractivity contribution in [2.75, 3.05) is 16.0 Å². The number of anilines is 3. The summed E-state index contributed by atoms with van der Waals surface area (Å²) in [5, 5.41) is 8.96. The number of aromatic nitrogens is 1. The van der Waals surface area contributed by atoms with Gasteiger partial charge < -0.3 is 16.0 Å². The fraction of sp³-hybridized carbons (Fsp3) is 0.188. The van der Waals surface area contributed by atoms with E-state index in [2.05, 4.69) is 20.9 Å². The highest BCUT2D eigenvalue weighted by Gasteiger charge is 2.13. The Kier molecular flexibility index (Phi) is 5.54. The van der Waals surface area contributed by atoms with Crippen LogP contribution in [0.2, 0.25) is 5.02 Å². The minimum Gasteiger partial charge on any atom is -0.374 e. The van der Waals surface area contributed by atoms with Crippen molar-refractivity contribution in [1.82, 2.24) is 4.98 Å². The molecule has 1 aromatic carbocycles. The van der Waals surface area contributed by atoms with E-state index >= 15 is 0 Å². The summed E-state index contributed by atoms with van der Waals surface area (Å²) in [4.78, 5) is 27.1. The number of hydrogen-bond donors (Lipinski definition) is 3. The van der Waals surface area contributed by atoms with Crippen molar-refractivity contribution in [1.29, 1.82) is 0 Å². The number of benzene rings is 1. The third-order valence-electron chi connectivity index (χ3n) is 2.96. The molecule has 0 unspecified atom stereocenters. The Morgan fingerprint density at radius 2 is 1.70 bits per heavy atom. The van der Waals surface area contributed by atoms with E-state index in [1.165, 1.54) is 13.1 Å². The molecule has 0 saturated heterocycles. The third-order valence-corrected chi connectivity index (χ3v) is 3.18. The normalized spacial score (nSPS) is 11.4. The van der Waals surface area contributed by atoms with Gasteiger partial charge >= 0.3 is 0 Å². The number of carbonyl (C=O) groups is 2. The van der Waals surface area contributed by atoms with Gasteiger partial charge in [-0.2, -0.15) is 0 Å². The molecule has 0 radical (unpaired) electrons. The molecule has 23 heavy (non-hydrogen) atoms. The number of pyridine rings is 1. The summed E-state index contributed by atoms with van der Waals surface area (Å²) < 4.78 is 0. The molecule has 1 atom stereocenters. The predicted molar refractivity (Wildman–Crippen MR) is 91.7 cm³/mol. The molecule has 0 aliphatic rings. The average molecular weight is 333 g/mol. The maximum Gasteiger partial charge on any atom is 0.247 e. The second-order valence-electron chi connectivity index (χ2n) is 4.98. The van der Waals surface area contributed by atoms with Gasteiger partial charge in [-0.1, -0.05) is 11.6 Å². The van der Waals surface area contributed by atoms with Crippen LogP contribution in [0.15, 0.2) is 42.6 Å². The lowest BCUT2D eigenvalue weighted by Crippen LogP contribution is -2.32. The van der Waals surface area contributed by atoms with E-state index in [1.54, 1.807) is 43.3 Å². The molecular formula is C16H17ClN4O2. The molecule has 2 aromatic rings. The Morgan fingerprint density at radius 3 is 2.26 bits per heavy atom. The van der Waals surface area contributed by atoms with Gasteiger partial charge in [0.05, 0.1) is 5.02 Å². The lowest BCUT2D eigenvalue weighted by Gasteiger charge is -2.15. The first-order valence-corrected chi connectivity index (χ1v) is 7.38. The molecule has 0 bridgehead atoms. The average Bonchev–Trinajstić information content (AvgIpc) is 2.51. The van der Waals surface area contributed by atoms with Crippen molar-refractivity contribution in [2.24, 2.45) is 0 Å². The van der Waals surface area contributed by atoms with Crippen molar-refractivity contribution in [3.63, 3.8) is 0 Å². The minimum atomic E-state index is -0.459. The van der Waals surface area contributed by atoms with Crippen LogP contribution in [0.3, 0.4) is 0 Å². The van der Waals surface area contributed by atoms with Crippen LogP contribution in [0.4, 0.5) is 17.2 Å². The number of carbonyl (C=O) groups excluding carboxylic acids is 2. The minimum absolute atomic E-state index is 0.131. The lowest BCUT2D eigenvalue weighted by molar-refractivity contribution is -0.116. The maximum atomic E-state index is 12.1. The van der Waals surface area contributed by atoms with Crippen LogP contribution < -0.4 is 16.0 Å². The Morgan fingerprint density at radius 1 is 1.04 bits per heavy atom. The van der Waals surface area contributed by atoms with E-state index in [9.17, 15) is 9.59 Å². The molecular weight excluding hydrogens is 316 g/mol. The molecule has 6 nitrogen and oxygen atoms in total. The smallest absolute Gasteiger partial charge is 0.247 e. The van der Waals surface area contributed by atoms with Gasteiger partial charge in [0.2, 0.25) is 11.8 Å². The summed E-state index contributed by atoms with van der Waals surface area (Å²) in [5.41, 5.74) is 1.47. The molecule has 0 aliphatic heterocycles. The first kappa shape index (κ1) is 16.8. The number of nitrogens with one attached hydrogen (secondary N) is 3. The van der Waals surface area contributed by atoms with E-state index in [-0.39, 0.29) is 11.8 Å². The number of rotatable bonds is 5. The summed E-state index contributed by atoms with van der Waals surface area (Å²) >= 11 is 5.75. The lowest BCUT2D eigenvalue weighted by atomic mass is 10.2. The zero-order valence-electron chi connectivity index (χ0n) is 12.8. The van der Waals surface area contributed by atoms with Crippen molar-refractivity contribution in [2.45, 2.75) is 19.9 Å². The largest absolute Gasteiger partial charge is 0.374 e. The van der Waals surface area contributed by atoms with Crippen LogP contribution in [0.1, 0.15) is 13.8 Å². The molecule has 0 saturated carbocycles. The Balaban J connectivity index is 1.92. The molecule has 3 N–H and O–H groups in total. The molecule has 1 heterocycles. The highest BCUT2D eigenvalue weighted by atomic mass is 35.5. The number of amides is 2. The first-order chi connectivity index (χ1) is 10.9. The zero-order valence-corrected chi connectivity index (χ0v) is 13.5. The van der Waals surface area contributed by atoms with Crippen LogP contribution in [0.25, 0.3) is 0 Å². The predicted octanol–water partition coefficient (Wildman–Crippen LogP) is 3.13. The van der Waals surface area contributed by atoms with E-state index in [0.717, 1.165) is 5.69 Å². The van der Waals surface area contributed by atoms with E-state index < -0.39 is 6.04 Å². The molecule has 1 aromatic heterocycles. The molecule has 7 heteroatoms. The summed E-state index contributed by atoms with van der Waals surface area (Å²) in [7, 11) is 0. The topological polar surface area (TPSA) is 83.1 Å². The quantitative estimate of drug-likeness (QED) is 0.785. The van der Waals surface area contributed by atoms with E-state index in [1.807, 2.05) is 0 Å². The van der Waals surface area contributed by atoms with E-state index in [0.29, 0.717) is 16.5 Å². The first-order valence-electron chi connectivity index (χ1n) is 7.00. The summed E-state index contributed by atoms with van der Waals surface area (Å²) in [5.74, 6) is 0.0914. The number of nitrogens with zero attached hydrogens (tertiary/aromatic N) is 1. The number of hydrogen-bond acceptors (Lipinski definition) is 4. The molecule has 0 fully saturated rings. The Bertz CT molecular complexity index is 686. The second kappa shape index (κ2) is 7.60. The van der Waals surface area contributed by atoms with Crippen LogP contribution in [-0.2, 0) is 9.59 Å². The molecule has 0 spiro atoms. The van der Waals surface area contributed by atoms with Gasteiger partial charge in [0.25, 0.3) is 0 Å². The van der Waals surface area contributed by atoms with Crippen LogP contribution in [0.5, 0.6) is 0 Å². The van der Waals surface area contributed by atoms with Crippen LogP contribution >= 0.6 is 11.6 Å². The Hall–Kier alpha value is -2.60. The van der Waals surface area contributed by atoms with Gasteiger partial charge in [0.15, 0.2) is 0 Å². The highest BCUT2D eigenvalue weighted by Crippen LogP contribution is 2.15. The van der Waals surface area contributed by atoms with Crippen molar-refractivity contribution in [3.05, 3.63) is 47.6 Å². The van der Waals surface area contributed by atoms with Gasteiger partial charge in [0.1, 0.15) is 11.9 Å². The fourth-order valence-electron chi connectivity index (χ4n) is 1.85. The van der Waals surface area contributed by atoms with Gasteiger partial charge in [-0.05, 0) is 43.3 Å². The van der Waals surface area contributed by atoms with Gasteiger partial charge in [0, 0.05) is 24.5 Å². The van der Waals surface area contributed by atoms with Gasteiger partial charge in [-0.15, -0.1) is 0 Å². The molecule has 120 valence electrons. The van der Waals surface area contributed by atoms with Crippen molar-refractivity contribution < 1.29 is 9.59 Å². The summed E-state index contributed by atoms with van der Waals surface area (Å²) in [6.45, 7) is 3.19. The molecule has 2 amide bonds. The zero-order chi connectivity index (χ0) is 16.8. The SMILES string of the molecule is CC(=O)Nc1ccc(N[C@H](C)C(=O)Nc2ccc(Cl)cn2)cc1. The fourth-order valence-corrected chi connectivity index (χ4v) is 1.96. The maximum absolute atomic E-state index is 12.1. The Labute approximate surface area is 139 Å². The van der Waals surface area contributed by atoms with Gasteiger partial charge in [-0.25, -0.2) is 4.98 Å². The van der Waals surface area contributed by atoms with Crippen LogP contribution in [-0.4, -0.2) is 22.8 Å². The standard InChI is InChI=1S/C16H17ClN4O2/c1-10(16(23)21-15-8-3-12(17)9-18-15)19-13-4-6-14(7-5-13)20-11(2)22/h3-10,19H,1-2H3,(H,20,22)(H,18,21,23)/t10-/m1/s1. The molecule has 0 aliphatic carbocycles.